The molecule has 146 valence electrons. The van der Waals surface area contributed by atoms with Crippen molar-refractivity contribution in [3.63, 3.8) is 0 Å². The normalized spacial score (nSPS) is 10.4. The van der Waals surface area contributed by atoms with Gasteiger partial charge in [-0.05, 0) is 43.2 Å². The predicted molar refractivity (Wildman–Crippen MR) is 105 cm³/mol. The lowest BCUT2D eigenvalue weighted by Gasteiger charge is -2.10. The Morgan fingerprint density at radius 1 is 1.07 bits per heavy atom. The molecule has 3 rings (SSSR count). The molecular weight excluding hydrogens is 360 g/mol. The van der Waals surface area contributed by atoms with Gasteiger partial charge in [0.2, 0.25) is 5.91 Å². The summed E-state index contributed by atoms with van der Waals surface area (Å²) in [6.07, 6.45) is 2.52. The Balaban J connectivity index is 1.52. The maximum Gasteiger partial charge on any atom is 0.224 e. The first-order valence-corrected chi connectivity index (χ1v) is 8.74. The van der Waals surface area contributed by atoms with Gasteiger partial charge >= 0.3 is 0 Å². The lowest BCUT2D eigenvalue weighted by Crippen LogP contribution is -2.12. The van der Waals surface area contributed by atoms with Crippen molar-refractivity contribution in [1.29, 1.82) is 0 Å². The van der Waals surface area contributed by atoms with Crippen molar-refractivity contribution < 1.29 is 18.8 Å². The fraction of sp³-hybridized carbons (Fsp3) is 0.250. The Kier molecular flexibility index (Phi) is 6.11. The van der Waals surface area contributed by atoms with Crippen LogP contribution in [0.25, 0.3) is 0 Å². The third-order valence-corrected chi connectivity index (χ3v) is 4.02. The Hall–Kier alpha value is -3.55. The summed E-state index contributed by atoms with van der Waals surface area (Å²) in [6.45, 7) is 1.81. The molecule has 2 aromatic heterocycles. The van der Waals surface area contributed by atoms with E-state index in [4.69, 9.17) is 14.0 Å². The molecule has 0 aliphatic rings. The van der Waals surface area contributed by atoms with Crippen molar-refractivity contribution in [3.8, 4) is 11.5 Å². The molecule has 3 aromatic rings. The van der Waals surface area contributed by atoms with Gasteiger partial charge in [0.05, 0.1) is 26.1 Å². The summed E-state index contributed by atoms with van der Waals surface area (Å²) in [4.78, 5) is 16.5. The van der Waals surface area contributed by atoms with Gasteiger partial charge in [-0.3, -0.25) is 4.79 Å². The Bertz CT molecular complexity index is 938. The second-order valence-corrected chi connectivity index (χ2v) is 6.12. The van der Waals surface area contributed by atoms with E-state index in [2.05, 4.69) is 20.8 Å². The predicted octanol–water partition coefficient (Wildman–Crippen LogP) is 3.71. The molecule has 0 saturated heterocycles. The highest BCUT2D eigenvalue weighted by Crippen LogP contribution is 2.28. The van der Waals surface area contributed by atoms with Crippen molar-refractivity contribution in [2.45, 2.75) is 19.8 Å². The van der Waals surface area contributed by atoms with E-state index >= 15 is 0 Å². The Labute approximate surface area is 162 Å². The van der Waals surface area contributed by atoms with Crippen LogP contribution in [0.5, 0.6) is 11.5 Å². The zero-order valence-electron chi connectivity index (χ0n) is 16.0. The van der Waals surface area contributed by atoms with Crippen LogP contribution < -0.4 is 20.1 Å². The number of hydrogen-bond donors (Lipinski definition) is 2. The van der Waals surface area contributed by atoms with E-state index in [0.29, 0.717) is 47.4 Å². The van der Waals surface area contributed by atoms with Gasteiger partial charge in [0.25, 0.3) is 0 Å². The highest BCUT2D eigenvalue weighted by Gasteiger charge is 2.08. The van der Waals surface area contributed by atoms with Crippen molar-refractivity contribution in [1.82, 2.24) is 10.1 Å². The fourth-order valence-corrected chi connectivity index (χ4v) is 2.62. The fourth-order valence-electron chi connectivity index (χ4n) is 2.62. The number of amides is 1. The minimum absolute atomic E-state index is 0.0931. The summed E-state index contributed by atoms with van der Waals surface area (Å²) in [7, 11) is 3.18. The van der Waals surface area contributed by atoms with Crippen LogP contribution in [-0.2, 0) is 11.2 Å². The Morgan fingerprint density at radius 3 is 2.54 bits per heavy atom. The van der Waals surface area contributed by atoms with E-state index in [1.54, 1.807) is 38.6 Å². The van der Waals surface area contributed by atoms with Gasteiger partial charge in [-0.15, -0.1) is 0 Å². The zero-order valence-corrected chi connectivity index (χ0v) is 16.0. The van der Waals surface area contributed by atoms with Crippen molar-refractivity contribution in [2.75, 3.05) is 24.9 Å². The van der Waals surface area contributed by atoms with E-state index in [-0.39, 0.29) is 5.91 Å². The van der Waals surface area contributed by atoms with Gasteiger partial charge in [0.1, 0.15) is 11.6 Å². The number of nitrogens with zero attached hydrogens (tertiary/aromatic N) is 2. The van der Waals surface area contributed by atoms with E-state index in [1.807, 2.05) is 25.1 Å². The summed E-state index contributed by atoms with van der Waals surface area (Å²) in [5, 5.41) is 9.71. The minimum atomic E-state index is -0.0931. The van der Waals surface area contributed by atoms with Gasteiger partial charge < -0.3 is 24.6 Å². The van der Waals surface area contributed by atoms with Gasteiger partial charge in [0.15, 0.2) is 17.3 Å². The summed E-state index contributed by atoms with van der Waals surface area (Å²) in [5.74, 6) is 3.12. The third-order valence-electron chi connectivity index (χ3n) is 4.02. The maximum atomic E-state index is 12.2. The van der Waals surface area contributed by atoms with Gasteiger partial charge in [0, 0.05) is 12.5 Å². The van der Waals surface area contributed by atoms with Crippen LogP contribution in [0.2, 0.25) is 0 Å². The summed E-state index contributed by atoms with van der Waals surface area (Å²) in [6, 6.07) is 10.9. The molecule has 1 aromatic carbocycles. The van der Waals surface area contributed by atoms with Crippen LogP contribution >= 0.6 is 0 Å². The quantitative estimate of drug-likeness (QED) is 0.613. The van der Waals surface area contributed by atoms with Gasteiger partial charge in [-0.1, -0.05) is 11.2 Å². The first-order chi connectivity index (χ1) is 13.6. The van der Waals surface area contributed by atoms with Crippen LogP contribution in [0, 0.1) is 6.92 Å². The van der Waals surface area contributed by atoms with Crippen LogP contribution in [0.4, 0.5) is 17.3 Å². The van der Waals surface area contributed by atoms with Crippen LogP contribution in [-0.4, -0.2) is 30.3 Å². The molecule has 0 aliphatic carbocycles. The monoisotopic (exact) mass is 382 g/mol. The van der Waals surface area contributed by atoms with Crippen LogP contribution in [0.3, 0.4) is 0 Å². The van der Waals surface area contributed by atoms with E-state index in [9.17, 15) is 4.79 Å². The number of nitrogens with one attached hydrogen (secondary N) is 2. The number of benzene rings is 1. The van der Waals surface area contributed by atoms with E-state index < -0.39 is 0 Å². The average molecular weight is 382 g/mol. The molecule has 0 radical (unpaired) electrons. The third kappa shape index (κ3) is 5.00. The SMILES string of the molecule is COc1ccc(CCC(=O)Nc2ccc(Nc3cc(C)on3)nc2)cc1OC. The molecule has 1 amide bonds. The summed E-state index contributed by atoms with van der Waals surface area (Å²) in [5.41, 5.74) is 1.62. The number of aromatic nitrogens is 2. The van der Waals surface area contributed by atoms with Crippen molar-refractivity contribution >= 4 is 23.2 Å². The molecule has 0 saturated carbocycles. The second-order valence-electron chi connectivity index (χ2n) is 6.12. The molecule has 0 atom stereocenters. The molecule has 0 unspecified atom stereocenters. The average Bonchev–Trinajstić information content (AvgIpc) is 3.12. The van der Waals surface area contributed by atoms with Gasteiger partial charge in [-0.25, -0.2) is 4.98 Å². The highest BCUT2D eigenvalue weighted by molar-refractivity contribution is 5.90. The molecule has 2 heterocycles. The second kappa shape index (κ2) is 8.90. The summed E-state index contributed by atoms with van der Waals surface area (Å²) >= 11 is 0. The summed E-state index contributed by atoms with van der Waals surface area (Å²) < 4.78 is 15.5. The number of carbonyl (C=O) groups excluding carboxylic acids is 1. The van der Waals surface area contributed by atoms with E-state index in [0.717, 1.165) is 5.56 Å². The molecule has 0 bridgehead atoms. The lowest BCUT2D eigenvalue weighted by molar-refractivity contribution is -0.116. The number of methoxy groups -OCH3 is 2. The van der Waals surface area contributed by atoms with Crippen LogP contribution in [0.1, 0.15) is 17.7 Å². The van der Waals surface area contributed by atoms with Crippen molar-refractivity contribution in [2.24, 2.45) is 0 Å². The largest absolute Gasteiger partial charge is 0.493 e. The number of hydrogen-bond acceptors (Lipinski definition) is 7. The number of aryl methyl sites for hydroxylation is 2. The molecule has 0 aliphatic heterocycles. The standard InChI is InChI=1S/C20H22N4O4/c1-13-10-19(24-28-13)23-18-8-6-15(12-21-18)22-20(25)9-5-14-4-7-16(26-2)17(11-14)27-3/h4,6-8,10-12H,5,9H2,1-3H3,(H,22,25)(H,21,23,24). The van der Waals surface area contributed by atoms with Crippen LogP contribution in [0.15, 0.2) is 47.1 Å². The van der Waals surface area contributed by atoms with E-state index in [1.165, 1.54) is 0 Å². The highest BCUT2D eigenvalue weighted by atomic mass is 16.5. The first kappa shape index (κ1) is 19.2. The maximum absolute atomic E-state index is 12.2. The number of pyridine rings is 1. The number of ether oxygens (including phenoxy) is 2. The Morgan fingerprint density at radius 2 is 1.89 bits per heavy atom. The van der Waals surface area contributed by atoms with Gasteiger partial charge in [-0.2, -0.15) is 0 Å². The molecule has 2 N–H and O–H groups in total. The number of carbonyl (C=O) groups is 1. The number of rotatable bonds is 8. The van der Waals surface area contributed by atoms with Crippen molar-refractivity contribution in [3.05, 3.63) is 53.9 Å². The molecule has 0 spiro atoms. The molecule has 28 heavy (non-hydrogen) atoms. The minimum Gasteiger partial charge on any atom is -0.493 e. The lowest BCUT2D eigenvalue weighted by atomic mass is 10.1. The first-order valence-electron chi connectivity index (χ1n) is 8.74. The molecule has 0 fully saturated rings. The number of anilines is 3. The molecule has 8 heteroatoms. The topological polar surface area (TPSA) is 98.5 Å². The zero-order chi connectivity index (χ0) is 19.9. The smallest absolute Gasteiger partial charge is 0.224 e. The molecular formula is C20H22N4O4. The molecule has 8 nitrogen and oxygen atoms in total.